The smallest absolute Gasteiger partial charge is 0.490 e. The van der Waals surface area contributed by atoms with Crippen molar-refractivity contribution in [2.75, 3.05) is 104 Å². The maximum atomic E-state index is 13.5. The third kappa shape index (κ3) is 23.6. The first-order valence-electron chi connectivity index (χ1n) is 36.5. The van der Waals surface area contributed by atoms with E-state index < -0.39 is 132 Å². The number of hydrogen-bond donors (Lipinski definition) is 14. The van der Waals surface area contributed by atoms with Crippen LogP contribution in [0.25, 0.3) is 66.8 Å². The molecular formula is C74H78N12O34P6. The number of anilines is 4. The molecular weight excluding hydrogens is 1790 g/mol. The minimum atomic E-state index is -5.80. The standard InChI is InChI=1S/2C37H39N6O17P3/c1-41(2)22-8-11-25-29(15-22)57-30-16-23(42(3)4)9-12-26(30)33(25)27-14-20(7-10-24(27)36(46)47)35(45)39-13-5-6-21-18-43(37(48)40-34(21)38)32-17-28(44)31(58-32)19-56-62(52,53)60-63(54,55)59-61(49,50)51;1-41(2)22-8-11-25-29(15-22)57-30-16-23(42(3)4)9-12-26(30)33(25)24-10-7-20(14-27(24)36(46)47)35(45)39-13-5-6-21-18-43(37(48)40-34(21)38)32-17-28(44)31(58-32)19-56-62(52,53)60-63(54,55)59-61(49,50)51/h2*7-12,14-16,18,28,31-32,44H,13,17,19H2,1-4H3,(H7-,38,39,40,45,46,47,48,49,50,51,52,53,54,55)/t2*28-,31+,32+/m00/s1. The number of phosphoric ester groups is 2. The maximum Gasteiger partial charge on any atom is 0.490 e. The Labute approximate surface area is 710 Å². The van der Waals surface area contributed by atoms with Crippen molar-refractivity contribution in [3.05, 3.63) is 187 Å². The van der Waals surface area contributed by atoms with Crippen molar-refractivity contribution in [3.63, 3.8) is 0 Å². The summed E-state index contributed by atoms with van der Waals surface area (Å²) in [6, 6.07) is 30.3. The largest absolute Gasteiger partial charge is 0.545 e. The molecule has 4 aliphatic heterocycles. The molecule has 668 valence electrons. The lowest BCUT2D eigenvalue weighted by Crippen LogP contribution is -2.29. The Bertz CT molecular complexity index is 6690. The lowest BCUT2D eigenvalue weighted by molar-refractivity contribution is -0.256. The van der Waals surface area contributed by atoms with Gasteiger partial charge in [-0.1, -0.05) is 35.8 Å². The molecule has 10 atom stereocenters. The molecule has 16 N–H and O–H groups in total. The van der Waals surface area contributed by atoms with Gasteiger partial charge in [0.2, 0.25) is 10.7 Å². The van der Waals surface area contributed by atoms with Crippen LogP contribution in [0.2, 0.25) is 0 Å². The van der Waals surface area contributed by atoms with Gasteiger partial charge in [-0.05, 0) is 71.8 Å². The number of carbonyl (C=O) groups excluding carboxylic acids is 4. The average Bonchev–Trinajstić information content (AvgIpc) is 0.958. The number of nitrogens with zero attached hydrogens (tertiary/aromatic N) is 8. The summed E-state index contributed by atoms with van der Waals surface area (Å²) < 4.78 is 122. The quantitative estimate of drug-likeness (QED) is 0.0156. The van der Waals surface area contributed by atoms with E-state index in [4.69, 9.17) is 49.3 Å². The Morgan fingerprint density at radius 1 is 0.516 bits per heavy atom. The van der Waals surface area contributed by atoms with E-state index in [1.807, 2.05) is 148 Å². The van der Waals surface area contributed by atoms with Crippen molar-refractivity contribution in [1.82, 2.24) is 38.9 Å². The fourth-order valence-electron chi connectivity index (χ4n) is 12.9. The van der Waals surface area contributed by atoms with Gasteiger partial charge >= 0.3 is 58.3 Å². The molecule has 2 amide bonds. The predicted molar refractivity (Wildman–Crippen MR) is 441 cm³/mol. The number of fused-ring (bicyclic) bond motifs is 4. The number of amides is 2. The van der Waals surface area contributed by atoms with Crippen LogP contribution in [0.3, 0.4) is 0 Å². The summed E-state index contributed by atoms with van der Waals surface area (Å²) in [4.78, 5) is 162. The number of aromatic nitrogens is 4. The van der Waals surface area contributed by atoms with Gasteiger partial charge in [0.25, 0.3) is 11.8 Å². The highest BCUT2D eigenvalue weighted by Gasteiger charge is 2.46. The number of carboxylic acids is 2. The lowest BCUT2D eigenvalue weighted by atomic mass is 9.89. The molecule has 2 aromatic heterocycles. The molecule has 0 bridgehead atoms. The number of carbonyl (C=O) groups is 4. The van der Waals surface area contributed by atoms with Gasteiger partial charge in [0.15, 0.2) is 0 Å². The number of rotatable bonds is 26. The minimum Gasteiger partial charge on any atom is -0.545 e. The second-order valence-corrected chi connectivity index (χ2v) is 37.3. The highest BCUT2D eigenvalue weighted by molar-refractivity contribution is 7.67. The Morgan fingerprint density at radius 2 is 0.905 bits per heavy atom. The molecule has 6 aromatic rings. The van der Waals surface area contributed by atoms with E-state index in [-0.39, 0.29) is 82.1 Å². The summed E-state index contributed by atoms with van der Waals surface area (Å²) in [7, 11) is -18.9. The van der Waals surface area contributed by atoms with Gasteiger partial charge in [-0.15, -0.1) is 0 Å². The van der Waals surface area contributed by atoms with E-state index in [0.717, 1.165) is 43.6 Å². The number of aliphatic hydroxyl groups is 2. The van der Waals surface area contributed by atoms with Crippen LogP contribution in [0.15, 0.2) is 140 Å². The third-order valence-corrected chi connectivity index (χ3v) is 26.3. The molecule has 4 unspecified atom stereocenters. The van der Waals surface area contributed by atoms with Crippen LogP contribution < -0.4 is 73.4 Å². The van der Waals surface area contributed by atoms with Crippen LogP contribution in [0.4, 0.5) is 23.0 Å². The number of aromatic carboxylic acids is 2. The normalized spacial score (nSPS) is 18.3. The molecule has 46 nitrogen and oxygen atoms in total. The lowest BCUT2D eigenvalue weighted by Gasteiger charge is -2.20. The molecule has 2 aliphatic carbocycles. The number of benzene rings is 6. The van der Waals surface area contributed by atoms with Crippen molar-refractivity contribution in [3.8, 4) is 68.6 Å². The van der Waals surface area contributed by atoms with E-state index in [1.54, 1.807) is 0 Å². The Hall–Kier alpha value is -11.1. The van der Waals surface area contributed by atoms with Gasteiger partial charge in [0, 0.05) is 144 Å². The van der Waals surface area contributed by atoms with Crippen LogP contribution in [-0.4, -0.2) is 199 Å². The van der Waals surface area contributed by atoms with Gasteiger partial charge in [-0.3, -0.25) is 27.8 Å². The van der Waals surface area contributed by atoms with Crippen molar-refractivity contribution in [2.45, 2.75) is 49.7 Å². The fourth-order valence-corrected chi connectivity index (χ4v) is 18.9. The first-order valence-corrected chi connectivity index (χ1v) is 45.5. The van der Waals surface area contributed by atoms with Crippen molar-refractivity contribution in [2.24, 2.45) is 0 Å². The van der Waals surface area contributed by atoms with E-state index >= 15 is 0 Å². The van der Waals surface area contributed by atoms with Gasteiger partial charge in [-0.25, -0.2) is 46.1 Å². The van der Waals surface area contributed by atoms with Gasteiger partial charge in [0.05, 0.1) is 73.7 Å². The Kier molecular flexibility index (Phi) is 29.0. The molecule has 2 saturated heterocycles. The van der Waals surface area contributed by atoms with Crippen LogP contribution in [0, 0.1) is 23.7 Å². The molecule has 52 heteroatoms. The summed E-state index contributed by atoms with van der Waals surface area (Å²) >= 11 is 0. The summed E-state index contributed by atoms with van der Waals surface area (Å²) in [5.74, 6) is 6.74. The minimum absolute atomic E-state index is 0.0117. The molecule has 0 spiro atoms. The van der Waals surface area contributed by atoms with Crippen LogP contribution in [0.1, 0.15) is 77.9 Å². The zero-order valence-electron chi connectivity index (χ0n) is 66.9. The second-order valence-electron chi connectivity index (χ2n) is 28.4. The average molecular weight is 1870 g/mol. The van der Waals surface area contributed by atoms with Crippen LogP contribution in [0.5, 0.6) is 0 Å². The van der Waals surface area contributed by atoms with Crippen molar-refractivity contribution < 1.29 is 151 Å². The number of phosphoric acid groups is 6. The highest BCUT2D eigenvalue weighted by Crippen LogP contribution is 2.68. The van der Waals surface area contributed by atoms with Crippen molar-refractivity contribution >= 4 is 116 Å². The van der Waals surface area contributed by atoms with Gasteiger partial charge < -0.3 is 119 Å². The molecule has 12 rings (SSSR count). The van der Waals surface area contributed by atoms with E-state index in [0.29, 0.717) is 55.7 Å². The number of nitrogens with two attached hydrogens (primary N) is 2. The Balaban J connectivity index is 0.000000245. The molecule has 6 aliphatic rings. The second kappa shape index (κ2) is 38.2. The van der Waals surface area contributed by atoms with Crippen LogP contribution in [-0.2, 0) is 63.2 Å². The zero-order valence-corrected chi connectivity index (χ0v) is 72.3. The van der Waals surface area contributed by atoms with Gasteiger partial charge in [-0.2, -0.15) is 27.2 Å². The number of nitrogen functional groups attached to an aromatic ring is 2. The number of ether oxygens (including phenoxy) is 2. The first kappa shape index (κ1) is 95.5. The summed E-state index contributed by atoms with van der Waals surface area (Å²) in [6.07, 6.45) is -6.70. The number of hydrogen-bond acceptors (Lipinski definition) is 32. The van der Waals surface area contributed by atoms with Crippen LogP contribution >= 0.6 is 46.9 Å². The topological polar surface area (TPSA) is 678 Å². The summed E-state index contributed by atoms with van der Waals surface area (Å²) in [6.45, 7) is -2.53. The zero-order chi connectivity index (χ0) is 92.4. The fraction of sp³-hybridized carbons (Fsp3) is 0.270. The SMILES string of the molecule is CN(C)c1ccc2c(-c3cc(C(=O)NCC#Cc4cn([C@H]5C[C@H](O)[C@@H](COP(=O)(O)OP(=O)(O)OP(=O)(O)O)O5)c(=O)nc4N)ccc3C(=O)[O-])c3ccc(=[N+](C)C)cc-3oc2c1.CN(C)c1ccc2c(-c3ccc(C(=O)NCC#Cc4cn([C@H]5C[C@H](O)[C@@H](COP(=O)(O)OP(=O)(O)OP(=O)(O)O)O5)c(=O)nc4N)cc3C(=O)[O-])c3ccc(=[N+](C)C)cc-3oc2c1. The molecule has 2 fully saturated rings. The van der Waals surface area contributed by atoms with Gasteiger partial charge in [0.1, 0.15) is 87.2 Å². The first-order chi connectivity index (χ1) is 58.8. The third-order valence-electron chi connectivity index (χ3n) is 18.7. The maximum absolute atomic E-state index is 13.5. The molecule has 4 aromatic carbocycles. The molecule has 126 heavy (non-hydrogen) atoms. The molecule has 0 radical (unpaired) electrons. The van der Waals surface area contributed by atoms with E-state index in [1.165, 1.54) is 36.4 Å². The van der Waals surface area contributed by atoms with Crippen molar-refractivity contribution in [1.29, 1.82) is 0 Å². The molecule has 0 saturated carbocycles. The number of nitrogens with one attached hydrogen (secondary N) is 2. The highest BCUT2D eigenvalue weighted by atomic mass is 31.3. The number of aliphatic hydroxyl groups excluding tert-OH is 2. The number of carboxylic acid groups (broad SMARTS) is 2. The predicted octanol–water partition coefficient (Wildman–Crippen LogP) is 1.16. The Morgan fingerprint density at radius 3 is 1.29 bits per heavy atom. The summed E-state index contributed by atoms with van der Waals surface area (Å²) in [5, 5.41) is 54.3. The molecule has 6 heterocycles. The van der Waals surface area contributed by atoms with E-state index in [2.05, 4.69) is 70.6 Å². The summed E-state index contributed by atoms with van der Waals surface area (Å²) in [5.41, 5.74) is 15.0. The van der Waals surface area contributed by atoms with E-state index in [9.17, 15) is 96.2 Å². The monoisotopic (exact) mass is 1860 g/mol.